The average molecular weight is 442 g/mol. The van der Waals surface area contributed by atoms with Gasteiger partial charge in [-0.15, -0.1) is 0 Å². The Hall–Kier alpha value is -1.26. The molecule has 0 unspecified atom stereocenters. The van der Waals surface area contributed by atoms with Crippen LogP contribution in [0.5, 0.6) is 0 Å². The molecule has 4 heteroatoms. The lowest BCUT2D eigenvalue weighted by Gasteiger charge is -2.42. The lowest BCUT2D eigenvalue weighted by molar-refractivity contribution is 0.122. The standard InChI is InChI=1S/C28H47N3O/c1-4-7-14-29-15-17-31(18-16-29)27-9-8-25(30-19-21-32-22-20-30)23-26(27)24-10-12-28(5-2,6-3)13-11-24/h8-9,23-24H,4-7,10-22H2,1-3H3. The summed E-state index contributed by atoms with van der Waals surface area (Å²) in [6, 6.07) is 7.42. The van der Waals surface area contributed by atoms with E-state index in [1.807, 2.05) is 0 Å². The highest BCUT2D eigenvalue weighted by Gasteiger charge is 2.34. The lowest BCUT2D eigenvalue weighted by Crippen LogP contribution is -2.47. The molecule has 3 fully saturated rings. The highest BCUT2D eigenvalue weighted by Crippen LogP contribution is 2.49. The number of hydrogen-bond acceptors (Lipinski definition) is 4. The maximum atomic E-state index is 5.62. The van der Waals surface area contributed by atoms with Gasteiger partial charge in [-0.2, -0.15) is 0 Å². The van der Waals surface area contributed by atoms with E-state index in [1.165, 1.54) is 95.5 Å². The van der Waals surface area contributed by atoms with Gasteiger partial charge in [-0.3, -0.25) is 4.90 Å². The van der Waals surface area contributed by atoms with Crippen molar-refractivity contribution < 1.29 is 4.74 Å². The Bertz CT molecular complexity index is 693. The third kappa shape index (κ3) is 5.44. The summed E-state index contributed by atoms with van der Waals surface area (Å²) in [7, 11) is 0. The SMILES string of the molecule is CCCCN1CCN(c2ccc(N3CCOCC3)cc2C2CCC(CC)(CC)CC2)CC1. The molecule has 1 saturated carbocycles. The van der Waals surface area contributed by atoms with Crippen molar-refractivity contribution in [3.8, 4) is 0 Å². The van der Waals surface area contributed by atoms with Gasteiger partial charge in [0.15, 0.2) is 0 Å². The highest BCUT2D eigenvalue weighted by atomic mass is 16.5. The van der Waals surface area contributed by atoms with E-state index >= 15 is 0 Å². The molecule has 2 saturated heterocycles. The number of rotatable bonds is 8. The van der Waals surface area contributed by atoms with Gasteiger partial charge in [-0.25, -0.2) is 0 Å². The third-order valence-electron chi connectivity index (χ3n) is 8.91. The minimum Gasteiger partial charge on any atom is -0.378 e. The molecule has 32 heavy (non-hydrogen) atoms. The number of piperazine rings is 1. The molecule has 1 aromatic carbocycles. The van der Waals surface area contributed by atoms with Crippen LogP contribution in [0.2, 0.25) is 0 Å². The van der Waals surface area contributed by atoms with Crippen LogP contribution in [-0.2, 0) is 4.74 Å². The molecule has 0 bridgehead atoms. The van der Waals surface area contributed by atoms with Crippen LogP contribution in [0.3, 0.4) is 0 Å². The zero-order chi connectivity index (χ0) is 22.4. The maximum absolute atomic E-state index is 5.62. The summed E-state index contributed by atoms with van der Waals surface area (Å²) >= 11 is 0. The second-order valence-corrected chi connectivity index (χ2v) is 10.5. The van der Waals surface area contributed by atoms with Crippen molar-refractivity contribution in [3.63, 3.8) is 0 Å². The average Bonchev–Trinajstić information content (AvgIpc) is 2.88. The molecule has 0 aromatic heterocycles. The molecule has 0 radical (unpaired) electrons. The zero-order valence-electron chi connectivity index (χ0n) is 21.1. The molecule has 0 spiro atoms. The number of nitrogens with zero attached hydrogens (tertiary/aromatic N) is 3. The molecule has 0 N–H and O–H groups in total. The molecule has 1 aliphatic carbocycles. The van der Waals surface area contributed by atoms with Crippen LogP contribution in [0.4, 0.5) is 11.4 Å². The number of benzene rings is 1. The Morgan fingerprint density at radius 1 is 0.875 bits per heavy atom. The third-order valence-corrected chi connectivity index (χ3v) is 8.91. The number of ether oxygens (including phenoxy) is 1. The van der Waals surface area contributed by atoms with E-state index in [4.69, 9.17) is 4.74 Å². The Morgan fingerprint density at radius 2 is 1.56 bits per heavy atom. The molecule has 180 valence electrons. The second-order valence-electron chi connectivity index (χ2n) is 10.5. The van der Waals surface area contributed by atoms with Crippen LogP contribution in [0.1, 0.15) is 83.6 Å². The van der Waals surface area contributed by atoms with Crippen LogP contribution >= 0.6 is 0 Å². The van der Waals surface area contributed by atoms with Crippen molar-refractivity contribution >= 4 is 11.4 Å². The number of hydrogen-bond donors (Lipinski definition) is 0. The molecule has 0 atom stereocenters. The van der Waals surface area contributed by atoms with Gasteiger partial charge < -0.3 is 14.5 Å². The summed E-state index contributed by atoms with van der Waals surface area (Å²) in [5.41, 5.74) is 5.18. The van der Waals surface area contributed by atoms with E-state index in [0.717, 1.165) is 32.2 Å². The Morgan fingerprint density at radius 3 is 2.19 bits per heavy atom. The van der Waals surface area contributed by atoms with Crippen LogP contribution in [0.15, 0.2) is 18.2 Å². The van der Waals surface area contributed by atoms with Gasteiger partial charge in [0, 0.05) is 50.6 Å². The molecule has 4 rings (SSSR count). The first-order valence-corrected chi connectivity index (χ1v) is 13.6. The summed E-state index contributed by atoms with van der Waals surface area (Å²) in [5, 5.41) is 0. The van der Waals surface area contributed by atoms with Crippen LogP contribution in [0, 0.1) is 5.41 Å². The van der Waals surface area contributed by atoms with Gasteiger partial charge in [0.25, 0.3) is 0 Å². The minimum atomic E-state index is 0.601. The van der Waals surface area contributed by atoms with Crippen molar-refractivity contribution in [2.24, 2.45) is 5.41 Å². The van der Waals surface area contributed by atoms with Crippen molar-refractivity contribution in [1.29, 1.82) is 0 Å². The summed E-state index contributed by atoms with van der Waals surface area (Å²) in [5.74, 6) is 0.718. The summed E-state index contributed by atoms with van der Waals surface area (Å²) in [4.78, 5) is 7.90. The molecule has 1 aromatic rings. The van der Waals surface area contributed by atoms with Gasteiger partial charge >= 0.3 is 0 Å². The molecule has 2 aliphatic heterocycles. The summed E-state index contributed by atoms with van der Waals surface area (Å²) in [6.45, 7) is 16.9. The summed E-state index contributed by atoms with van der Waals surface area (Å²) in [6.07, 6.45) is 10.8. The van der Waals surface area contributed by atoms with Crippen LogP contribution < -0.4 is 9.80 Å². The quantitative estimate of drug-likeness (QED) is 0.499. The topological polar surface area (TPSA) is 19.0 Å². The zero-order valence-corrected chi connectivity index (χ0v) is 21.1. The fraction of sp³-hybridized carbons (Fsp3) is 0.786. The number of morpholine rings is 1. The maximum Gasteiger partial charge on any atom is 0.0642 e. The van der Waals surface area contributed by atoms with Gasteiger partial charge in [0.2, 0.25) is 0 Å². The predicted octanol–water partition coefficient (Wildman–Crippen LogP) is 5.91. The highest BCUT2D eigenvalue weighted by molar-refractivity contribution is 5.63. The smallest absolute Gasteiger partial charge is 0.0642 e. The Balaban J connectivity index is 1.53. The largest absolute Gasteiger partial charge is 0.378 e. The van der Waals surface area contributed by atoms with Gasteiger partial charge in [0.05, 0.1) is 13.2 Å². The summed E-state index contributed by atoms with van der Waals surface area (Å²) < 4.78 is 5.62. The Kier molecular flexibility index (Phi) is 8.39. The molecule has 0 amide bonds. The fourth-order valence-corrected chi connectivity index (χ4v) is 6.27. The first kappa shape index (κ1) is 23.9. The van der Waals surface area contributed by atoms with Crippen LogP contribution in [0.25, 0.3) is 0 Å². The van der Waals surface area contributed by atoms with E-state index in [9.17, 15) is 0 Å². The molecule has 3 aliphatic rings. The van der Waals surface area contributed by atoms with Crippen molar-refractivity contribution in [2.45, 2.75) is 78.1 Å². The molecular formula is C28H47N3O. The van der Waals surface area contributed by atoms with E-state index in [2.05, 4.69) is 53.7 Å². The predicted molar refractivity (Wildman–Crippen MR) is 137 cm³/mol. The first-order valence-electron chi connectivity index (χ1n) is 13.6. The second kappa shape index (κ2) is 11.2. The molecule has 4 nitrogen and oxygen atoms in total. The minimum absolute atomic E-state index is 0.601. The van der Waals surface area contributed by atoms with E-state index in [1.54, 1.807) is 5.56 Å². The fourth-order valence-electron chi connectivity index (χ4n) is 6.27. The monoisotopic (exact) mass is 441 g/mol. The number of unbranched alkanes of at least 4 members (excludes halogenated alkanes) is 1. The Labute approximate surface area is 197 Å². The molecular weight excluding hydrogens is 394 g/mol. The van der Waals surface area contributed by atoms with Gasteiger partial charge in [-0.05, 0) is 73.7 Å². The van der Waals surface area contributed by atoms with Gasteiger partial charge in [0.1, 0.15) is 0 Å². The van der Waals surface area contributed by atoms with E-state index in [0.29, 0.717) is 5.41 Å². The lowest BCUT2D eigenvalue weighted by atomic mass is 9.66. The van der Waals surface area contributed by atoms with E-state index in [-0.39, 0.29) is 0 Å². The van der Waals surface area contributed by atoms with Crippen molar-refractivity contribution in [3.05, 3.63) is 23.8 Å². The van der Waals surface area contributed by atoms with Crippen LogP contribution in [-0.4, -0.2) is 63.9 Å². The number of anilines is 2. The van der Waals surface area contributed by atoms with Crippen molar-refractivity contribution in [2.75, 3.05) is 68.8 Å². The van der Waals surface area contributed by atoms with Crippen molar-refractivity contribution in [1.82, 2.24) is 4.90 Å². The van der Waals surface area contributed by atoms with E-state index < -0.39 is 0 Å². The normalized spacial score (nSPS) is 23.0. The van der Waals surface area contributed by atoms with Gasteiger partial charge in [-0.1, -0.05) is 40.0 Å². The first-order chi connectivity index (χ1) is 15.7. The molecule has 2 heterocycles.